The number of rotatable bonds is 7. The van der Waals surface area contributed by atoms with Gasteiger partial charge < -0.3 is 5.32 Å². The van der Waals surface area contributed by atoms with Gasteiger partial charge in [-0.3, -0.25) is 4.79 Å². The molecule has 0 saturated heterocycles. The number of pyridine rings is 1. The quantitative estimate of drug-likeness (QED) is 0.785. The van der Waals surface area contributed by atoms with E-state index < -0.39 is 0 Å². The molecule has 0 aliphatic rings. The Kier molecular flexibility index (Phi) is 6.37. The Bertz CT molecular complexity index is 665. The van der Waals surface area contributed by atoms with Gasteiger partial charge in [-0.15, -0.1) is 11.3 Å². The summed E-state index contributed by atoms with van der Waals surface area (Å²) in [5.41, 5.74) is 1.47. The maximum atomic E-state index is 11.9. The number of anilines is 1. The monoisotopic (exact) mass is 332 g/mol. The van der Waals surface area contributed by atoms with Crippen molar-refractivity contribution < 1.29 is 4.79 Å². The number of nitrogens with one attached hydrogen (secondary N) is 1. The van der Waals surface area contributed by atoms with E-state index >= 15 is 0 Å². The Morgan fingerprint density at radius 2 is 2.36 bits per heavy atom. The van der Waals surface area contributed by atoms with E-state index in [4.69, 9.17) is 5.26 Å². The lowest BCUT2D eigenvalue weighted by Gasteiger charge is -2.06. The third kappa shape index (κ3) is 4.83. The van der Waals surface area contributed by atoms with Crippen LogP contribution in [0.3, 0.4) is 0 Å². The Labute approximate surface area is 137 Å². The lowest BCUT2D eigenvalue weighted by Crippen LogP contribution is -2.14. The number of nitriles is 1. The molecule has 0 aromatic carbocycles. The number of nitrogens with zero attached hydrogens (tertiary/aromatic N) is 3. The molecule has 5 nitrogen and oxygen atoms in total. The maximum absolute atomic E-state index is 11.9. The Hall–Kier alpha value is -1.91. The van der Waals surface area contributed by atoms with Crippen LogP contribution in [0.15, 0.2) is 28.7 Å². The van der Waals surface area contributed by atoms with Crippen molar-refractivity contribution in [2.45, 2.75) is 31.2 Å². The fraction of sp³-hybridized carbons (Fsp3) is 0.333. The molecule has 2 aromatic heterocycles. The van der Waals surface area contributed by atoms with Gasteiger partial charge in [0.05, 0.1) is 11.3 Å². The Morgan fingerprint density at radius 1 is 1.50 bits per heavy atom. The highest BCUT2D eigenvalue weighted by Crippen LogP contribution is 2.21. The van der Waals surface area contributed by atoms with Crippen molar-refractivity contribution in [2.75, 3.05) is 11.1 Å². The van der Waals surface area contributed by atoms with E-state index in [1.54, 1.807) is 17.6 Å². The summed E-state index contributed by atoms with van der Waals surface area (Å²) in [6.45, 7) is 2.13. The molecule has 22 heavy (non-hydrogen) atoms. The first-order valence-corrected chi connectivity index (χ1v) is 8.81. The predicted molar refractivity (Wildman–Crippen MR) is 89.0 cm³/mol. The van der Waals surface area contributed by atoms with E-state index in [0.29, 0.717) is 15.7 Å². The van der Waals surface area contributed by atoms with E-state index in [0.717, 1.165) is 25.0 Å². The van der Waals surface area contributed by atoms with Crippen LogP contribution >= 0.6 is 23.1 Å². The number of amides is 1. The predicted octanol–water partition coefficient (Wildman–Crippen LogP) is 3.48. The number of hydrogen-bond acceptors (Lipinski definition) is 6. The zero-order valence-electron chi connectivity index (χ0n) is 12.2. The molecule has 0 fully saturated rings. The average Bonchev–Trinajstić information content (AvgIpc) is 3.03. The zero-order chi connectivity index (χ0) is 15.8. The number of carbonyl (C=O) groups is 1. The van der Waals surface area contributed by atoms with Crippen LogP contribution in [-0.2, 0) is 11.2 Å². The summed E-state index contributed by atoms with van der Waals surface area (Å²) < 4.78 is 0. The van der Waals surface area contributed by atoms with Crippen molar-refractivity contribution >= 4 is 34.1 Å². The van der Waals surface area contributed by atoms with Crippen LogP contribution < -0.4 is 5.32 Å². The first-order valence-electron chi connectivity index (χ1n) is 6.95. The molecule has 1 amide bonds. The largest absolute Gasteiger partial charge is 0.301 e. The van der Waals surface area contributed by atoms with Crippen LogP contribution in [0.1, 0.15) is 31.0 Å². The van der Waals surface area contributed by atoms with E-state index in [1.807, 2.05) is 6.07 Å². The van der Waals surface area contributed by atoms with Crippen LogP contribution in [0.25, 0.3) is 0 Å². The van der Waals surface area contributed by atoms with Gasteiger partial charge in [0, 0.05) is 17.3 Å². The molecule has 0 radical (unpaired) electrons. The van der Waals surface area contributed by atoms with Gasteiger partial charge in [-0.2, -0.15) is 5.26 Å². The van der Waals surface area contributed by atoms with Crippen molar-refractivity contribution in [3.8, 4) is 6.07 Å². The lowest BCUT2D eigenvalue weighted by atomic mass is 10.2. The van der Waals surface area contributed by atoms with Crippen LogP contribution in [0.2, 0.25) is 0 Å². The first-order chi connectivity index (χ1) is 10.7. The normalized spacial score (nSPS) is 10.2. The molecule has 7 heteroatoms. The molecule has 2 aromatic rings. The molecule has 0 unspecified atom stereocenters. The van der Waals surface area contributed by atoms with Crippen molar-refractivity contribution in [3.05, 3.63) is 35.0 Å². The second-order valence-electron chi connectivity index (χ2n) is 4.54. The molecular weight excluding hydrogens is 316 g/mol. The molecule has 0 aliphatic heterocycles. The lowest BCUT2D eigenvalue weighted by molar-refractivity contribution is -0.113. The van der Waals surface area contributed by atoms with Gasteiger partial charge in [-0.1, -0.05) is 25.1 Å². The molecule has 0 bridgehead atoms. The third-order valence-corrected chi connectivity index (χ3v) is 4.52. The van der Waals surface area contributed by atoms with E-state index in [1.165, 1.54) is 23.1 Å². The number of aromatic nitrogens is 2. The van der Waals surface area contributed by atoms with Gasteiger partial charge in [0.1, 0.15) is 11.1 Å². The van der Waals surface area contributed by atoms with Crippen molar-refractivity contribution in [3.63, 3.8) is 0 Å². The molecule has 1 N–H and O–H groups in total. The second kappa shape index (κ2) is 8.51. The molecule has 0 atom stereocenters. The fourth-order valence-electron chi connectivity index (χ4n) is 1.75. The van der Waals surface area contributed by atoms with Gasteiger partial charge in [0.25, 0.3) is 0 Å². The highest BCUT2D eigenvalue weighted by Gasteiger charge is 2.10. The van der Waals surface area contributed by atoms with Crippen LogP contribution in [-0.4, -0.2) is 21.6 Å². The van der Waals surface area contributed by atoms with Crippen LogP contribution in [0.5, 0.6) is 0 Å². The van der Waals surface area contributed by atoms with Crippen molar-refractivity contribution in [1.82, 2.24) is 9.97 Å². The van der Waals surface area contributed by atoms with E-state index in [-0.39, 0.29) is 11.7 Å². The highest BCUT2D eigenvalue weighted by molar-refractivity contribution is 8.00. The summed E-state index contributed by atoms with van der Waals surface area (Å²) in [5, 5.41) is 14.9. The smallest absolute Gasteiger partial charge is 0.236 e. The molecule has 0 spiro atoms. The molecule has 0 saturated carbocycles. The number of aryl methyl sites for hydroxylation is 1. The number of hydrogen-bond donors (Lipinski definition) is 1. The second-order valence-corrected chi connectivity index (χ2v) is 6.40. The molecular formula is C15H16N4OS2. The number of unbranched alkanes of at least 4 members (excludes halogenated alkanes) is 1. The third-order valence-electron chi connectivity index (χ3n) is 2.84. The van der Waals surface area contributed by atoms with Gasteiger partial charge >= 0.3 is 0 Å². The van der Waals surface area contributed by atoms with Crippen LogP contribution in [0, 0.1) is 11.3 Å². The standard InChI is InChI=1S/C15H16N4OS2/c1-2-3-4-12-6-5-11(9-16)14(18-12)22-10-13(20)19-15-17-7-8-21-15/h5-8H,2-4,10H2,1H3,(H,17,19,20). The zero-order valence-corrected chi connectivity index (χ0v) is 13.8. The number of thioether (sulfide) groups is 1. The first kappa shape index (κ1) is 16.5. The van der Waals surface area contributed by atoms with Crippen molar-refractivity contribution in [2.24, 2.45) is 0 Å². The number of thiazole rings is 1. The SMILES string of the molecule is CCCCc1ccc(C#N)c(SCC(=O)Nc2nccs2)n1. The fourth-order valence-corrected chi connectivity index (χ4v) is 3.08. The Balaban J connectivity index is 1.98. The maximum Gasteiger partial charge on any atom is 0.236 e. The van der Waals surface area contributed by atoms with Gasteiger partial charge in [0.2, 0.25) is 5.91 Å². The van der Waals surface area contributed by atoms with Crippen LogP contribution in [0.4, 0.5) is 5.13 Å². The van der Waals surface area contributed by atoms with Crippen molar-refractivity contribution in [1.29, 1.82) is 5.26 Å². The van der Waals surface area contributed by atoms with E-state index in [2.05, 4.69) is 28.3 Å². The van der Waals surface area contributed by atoms with E-state index in [9.17, 15) is 4.79 Å². The Morgan fingerprint density at radius 3 is 3.05 bits per heavy atom. The highest BCUT2D eigenvalue weighted by atomic mass is 32.2. The summed E-state index contributed by atoms with van der Waals surface area (Å²) >= 11 is 2.65. The van der Waals surface area contributed by atoms with Gasteiger partial charge in [-0.05, 0) is 25.0 Å². The molecule has 2 heterocycles. The molecule has 2 rings (SSSR count). The molecule has 0 aliphatic carbocycles. The summed E-state index contributed by atoms with van der Waals surface area (Å²) in [7, 11) is 0. The summed E-state index contributed by atoms with van der Waals surface area (Å²) in [5.74, 6) is 0.0583. The molecule has 114 valence electrons. The number of carbonyl (C=O) groups excluding carboxylic acids is 1. The minimum Gasteiger partial charge on any atom is -0.301 e. The summed E-state index contributed by atoms with van der Waals surface area (Å²) in [6.07, 6.45) is 4.69. The summed E-state index contributed by atoms with van der Waals surface area (Å²) in [4.78, 5) is 20.4. The summed E-state index contributed by atoms with van der Waals surface area (Å²) in [6, 6.07) is 5.78. The topological polar surface area (TPSA) is 78.7 Å². The van der Waals surface area contributed by atoms with Gasteiger partial charge in [0.15, 0.2) is 5.13 Å². The minimum atomic E-state index is -0.149. The van der Waals surface area contributed by atoms with Gasteiger partial charge in [-0.25, -0.2) is 9.97 Å². The minimum absolute atomic E-state index is 0.149. The average molecular weight is 332 g/mol.